The molecule has 0 saturated heterocycles. The van der Waals surface area contributed by atoms with Crippen LogP contribution in [-0.4, -0.2) is 23.9 Å². The van der Waals surface area contributed by atoms with Crippen LogP contribution in [0.25, 0.3) is 0 Å². The lowest BCUT2D eigenvalue weighted by Gasteiger charge is -2.11. The van der Waals surface area contributed by atoms with E-state index in [4.69, 9.17) is 0 Å². The number of benzene rings is 3. The quantitative estimate of drug-likeness (QED) is 0.358. The van der Waals surface area contributed by atoms with Gasteiger partial charge in [0, 0.05) is 27.5 Å². The first-order valence-electron chi connectivity index (χ1n) is 8.49. The Morgan fingerprint density at radius 1 is 0.966 bits per heavy atom. The van der Waals surface area contributed by atoms with Crippen molar-refractivity contribution in [2.75, 3.05) is 12.4 Å². The summed E-state index contributed by atoms with van der Waals surface area (Å²) < 4.78 is 4.61. The van der Waals surface area contributed by atoms with E-state index in [2.05, 4.69) is 10.1 Å². The van der Waals surface area contributed by atoms with Crippen LogP contribution in [0.4, 0.5) is 11.4 Å². The molecule has 0 aliphatic heterocycles. The zero-order valence-electron chi connectivity index (χ0n) is 15.3. The zero-order valence-corrected chi connectivity index (χ0v) is 16.1. The highest BCUT2D eigenvalue weighted by molar-refractivity contribution is 7.99. The number of methoxy groups -OCH3 is 1. The highest BCUT2D eigenvalue weighted by atomic mass is 32.2. The van der Waals surface area contributed by atoms with Crippen LogP contribution in [0, 0.1) is 10.1 Å². The molecule has 0 unspecified atom stereocenters. The van der Waals surface area contributed by atoms with Gasteiger partial charge in [-0.1, -0.05) is 42.1 Å². The van der Waals surface area contributed by atoms with E-state index >= 15 is 0 Å². The van der Waals surface area contributed by atoms with Crippen LogP contribution in [0.3, 0.4) is 0 Å². The molecule has 0 heterocycles. The molecule has 7 nitrogen and oxygen atoms in total. The molecule has 0 bridgehead atoms. The minimum Gasteiger partial charge on any atom is -0.465 e. The topological polar surface area (TPSA) is 98.5 Å². The number of carbonyl (C=O) groups is 2. The van der Waals surface area contributed by atoms with E-state index in [1.807, 2.05) is 42.5 Å². The van der Waals surface area contributed by atoms with Crippen molar-refractivity contribution in [3.05, 3.63) is 94.0 Å². The number of hydrogen-bond donors (Lipinski definition) is 1. The van der Waals surface area contributed by atoms with Crippen molar-refractivity contribution in [3.63, 3.8) is 0 Å². The Morgan fingerprint density at radius 2 is 1.62 bits per heavy atom. The van der Waals surface area contributed by atoms with Gasteiger partial charge in [-0.25, -0.2) is 4.79 Å². The molecule has 0 aliphatic carbocycles. The number of nitro groups is 1. The van der Waals surface area contributed by atoms with Gasteiger partial charge in [0.25, 0.3) is 11.6 Å². The second-order valence-electron chi connectivity index (χ2n) is 5.88. The van der Waals surface area contributed by atoms with Gasteiger partial charge in [0.1, 0.15) is 0 Å². The van der Waals surface area contributed by atoms with Crippen LogP contribution < -0.4 is 5.32 Å². The molecule has 0 aromatic heterocycles. The molecule has 0 saturated carbocycles. The smallest absolute Gasteiger partial charge is 0.338 e. The van der Waals surface area contributed by atoms with E-state index < -0.39 is 16.8 Å². The second kappa shape index (κ2) is 9.03. The summed E-state index contributed by atoms with van der Waals surface area (Å²) in [7, 11) is 1.16. The molecule has 3 aromatic rings. The van der Waals surface area contributed by atoms with Gasteiger partial charge in [0.2, 0.25) is 0 Å². The summed E-state index contributed by atoms with van der Waals surface area (Å²) in [4.78, 5) is 36.9. The lowest BCUT2D eigenvalue weighted by Crippen LogP contribution is -2.14. The third-order valence-corrected chi connectivity index (χ3v) is 5.00. The van der Waals surface area contributed by atoms with Crippen LogP contribution in [-0.2, 0) is 4.74 Å². The lowest BCUT2D eigenvalue weighted by molar-refractivity contribution is -0.384. The number of nitrogens with zero attached hydrogens (tertiary/aromatic N) is 1. The van der Waals surface area contributed by atoms with E-state index in [0.717, 1.165) is 29.0 Å². The minimum absolute atomic E-state index is 0.0147. The first-order chi connectivity index (χ1) is 14.0. The summed E-state index contributed by atoms with van der Waals surface area (Å²) in [6.45, 7) is 0. The molecule has 3 aromatic carbocycles. The van der Waals surface area contributed by atoms with Crippen LogP contribution in [0.15, 0.2) is 82.6 Å². The number of hydrogen-bond acceptors (Lipinski definition) is 6. The van der Waals surface area contributed by atoms with Gasteiger partial charge in [-0.2, -0.15) is 0 Å². The van der Waals surface area contributed by atoms with Crippen molar-refractivity contribution in [1.82, 2.24) is 0 Å². The predicted molar refractivity (Wildman–Crippen MR) is 109 cm³/mol. The lowest BCUT2D eigenvalue weighted by atomic mass is 10.1. The number of esters is 1. The maximum absolute atomic E-state index is 12.8. The fourth-order valence-corrected chi connectivity index (χ4v) is 3.48. The molecule has 3 rings (SSSR count). The van der Waals surface area contributed by atoms with Crippen LogP contribution >= 0.6 is 11.8 Å². The SMILES string of the molecule is COC(=O)c1cc(C(=O)Nc2ccccc2Sc2ccccc2)cc([N+](=O)[O-])c1. The van der Waals surface area contributed by atoms with Crippen molar-refractivity contribution >= 4 is 35.0 Å². The van der Waals surface area contributed by atoms with Gasteiger partial charge in [-0.3, -0.25) is 14.9 Å². The summed E-state index contributed by atoms with van der Waals surface area (Å²) in [6, 6.07) is 20.3. The second-order valence-corrected chi connectivity index (χ2v) is 7.00. The Labute approximate surface area is 170 Å². The van der Waals surface area contributed by atoms with Gasteiger partial charge in [0.05, 0.1) is 23.3 Å². The molecule has 0 spiro atoms. The normalized spacial score (nSPS) is 10.2. The predicted octanol–water partition coefficient (Wildman–Crippen LogP) is 4.78. The van der Waals surface area contributed by atoms with E-state index in [1.165, 1.54) is 17.8 Å². The van der Waals surface area contributed by atoms with Crippen LogP contribution in [0.5, 0.6) is 0 Å². The monoisotopic (exact) mass is 408 g/mol. The average Bonchev–Trinajstić information content (AvgIpc) is 2.74. The summed E-state index contributed by atoms with van der Waals surface area (Å²) in [5.74, 6) is -1.33. The van der Waals surface area contributed by atoms with Gasteiger partial charge < -0.3 is 10.1 Å². The molecule has 0 aliphatic rings. The van der Waals surface area contributed by atoms with E-state index in [9.17, 15) is 19.7 Å². The molecule has 1 N–H and O–H groups in total. The summed E-state index contributed by atoms with van der Waals surface area (Å²) in [5.41, 5.74) is 0.0976. The number of nitro benzene ring substituents is 1. The summed E-state index contributed by atoms with van der Waals surface area (Å²) >= 11 is 1.47. The number of nitrogens with one attached hydrogen (secondary N) is 1. The summed E-state index contributed by atoms with van der Waals surface area (Å²) in [5, 5.41) is 13.9. The minimum atomic E-state index is -0.761. The molecule has 8 heteroatoms. The molecule has 29 heavy (non-hydrogen) atoms. The van der Waals surface area contributed by atoms with E-state index in [1.54, 1.807) is 12.1 Å². The Kier molecular flexibility index (Phi) is 6.25. The first kappa shape index (κ1) is 20.1. The number of anilines is 1. The largest absolute Gasteiger partial charge is 0.465 e. The molecular weight excluding hydrogens is 392 g/mol. The van der Waals surface area contributed by atoms with Crippen LogP contribution in [0.1, 0.15) is 20.7 Å². The molecule has 0 atom stereocenters. The Morgan fingerprint density at radius 3 is 2.31 bits per heavy atom. The fraction of sp³-hybridized carbons (Fsp3) is 0.0476. The number of rotatable bonds is 6. The van der Waals surface area contributed by atoms with Crippen molar-refractivity contribution in [2.24, 2.45) is 0 Å². The number of para-hydroxylation sites is 1. The molecule has 146 valence electrons. The fourth-order valence-electron chi connectivity index (χ4n) is 2.55. The van der Waals surface area contributed by atoms with Crippen LogP contribution in [0.2, 0.25) is 0 Å². The number of carbonyl (C=O) groups excluding carboxylic acids is 2. The number of non-ortho nitro benzene ring substituents is 1. The van der Waals surface area contributed by atoms with Gasteiger partial charge in [-0.05, 0) is 30.3 Å². The highest BCUT2D eigenvalue weighted by Crippen LogP contribution is 2.33. The number of amides is 1. The van der Waals surface area contributed by atoms with Crippen molar-refractivity contribution in [1.29, 1.82) is 0 Å². The maximum atomic E-state index is 12.8. The third-order valence-electron chi connectivity index (χ3n) is 3.92. The summed E-state index contributed by atoms with van der Waals surface area (Å²) in [6.07, 6.45) is 0. The number of ether oxygens (including phenoxy) is 1. The third kappa shape index (κ3) is 4.99. The van der Waals surface area contributed by atoms with Crippen molar-refractivity contribution in [2.45, 2.75) is 9.79 Å². The van der Waals surface area contributed by atoms with E-state index in [-0.39, 0.29) is 16.8 Å². The Bertz CT molecular complexity index is 1070. The van der Waals surface area contributed by atoms with Crippen molar-refractivity contribution in [3.8, 4) is 0 Å². The molecular formula is C21H16N2O5S. The standard InChI is InChI=1S/C21H16N2O5S/c1-28-21(25)15-11-14(12-16(13-15)23(26)27)20(24)22-18-9-5-6-10-19(18)29-17-7-3-2-4-8-17/h2-13H,1H3,(H,22,24). The first-order valence-corrected chi connectivity index (χ1v) is 9.30. The Balaban J connectivity index is 1.90. The van der Waals surface area contributed by atoms with Gasteiger partial charge >= 0.3 is 5.97 Å². The molecule has 0 radical (unpaired) electrons. The maximum Gasteiger partial charge on any atom is 0.338 e. The van der Waals surface area contributed by atoms with Gasteiger partial charge in [0.15, 0.2) is 0 Å². The average molecular weight is 408 g/mol. The van der Waals surface area contributed by atoms with Crippen molar-refractivity contribution < 1.29 is 19.2 Å². The molecule has 1 amide bonds. The van der Waals surface area contributed by atoms with E-state index in [0.29, 0.717) is 5.69 Å². The zero-order chi connectivity index (χ0) is 20.8. The highest BCUT2D eigenvalue weighted by Gasteiger charge is 2.19. The Hall–Kier alpha value is -3.65. The van der Waals surface area contributed by atoms with Gasteiger partial charge in [-0.15, -0.1) is 0 Å². The molecule has 0 fully saturated rings.